The molecule has 0 saturated heterocycles. The third-order valence-electron chi connectivity index (χ3n) is 4.33. The molecule has 0 aliphatic heterocycles. The van der Waals surface area contributed by atoms with Gasteiger partial charge >= 0.3 is 0 Å². The summed E-state index contributed by atoms with van der Waals surface area (Å²) < 4.78 is 0. The minimum atomic E-state index is -0.691. The molecule has 4 rings (SSSR count). The molecule has 2 aromatic carbocycles. The lowest BCUT2D eigenvalue weighted by atomic mass is 10.1. The van der Waals surface area contributed by atoms with E-state index in [0.29, 0.717) is 6.42 Å². The van der Waals surface area contributed by atoms with Gasteiger partial charge in [0.05, 0.1) is 23.3 Å². The number of hydrazone groups is 1. The Balaban J connectivity index is 0.00000150. The number of H-pyrrole nitrogens is 1. The van der Waals surface area contributed by atoms with Crippen LogP contribution >= 0.6 is 24.8 Å². The number of aromatic nitrogens is 3. The Morgan fingerprint density at radius 1 is 1.14 bits per heavy atom. The average Bonchev–Trinajstić information content (AvgIpc) is 3.11. The summed E-state index contributed by atoms with van der Waals surface area (Å²) in [6.45, 7) is 0. The lowest BCUT2D eigenvalue weighted by Gasteiger charge is -2.09. The monoisotopic (exact) mass is 430 g/mol. The van der Waals surface area contributed by atoms with E-state index in [1.54, 1.807) is 18.6 Å². The molecule has 0 fully saturated rings. The van der Waals surface area contributed by atoms with Crippen molar-refractivity contribution in [1.82, 2.24) is 20.4 Å². The van der Waals surface area contributed by atoms with Gasteiger partial charge in [0.15, 0.2) is 0 Å². The molecule has 0 aliphatic rings. The van der Waals surface area contributed by atoms with Gasteiger partial charge in [0.25, 0.3) is 5.91 Å². The van der Waals surface area contributed by atoms with Crippen LogP contribution in [0.2, 0.25) is 0 Å². The first-order chi connectivity index (χ1) is 13.2. The quantitative estimate of drug-likeness (QED) is 0.333. The van der Waals surface area contributed by atoms with Gasteiger partial charge in [-0.25, -0.2) is 5.43 Å². The molecule has 1 atom stereocenters. The highest BCUT2D eigenvalue weighted by molar-refractivity contribution is 5.89. The van der Waals surface area contributed by atoms with Crippen molar-refractivity contribution in [2.75, 3.05) is 0 Å². The Kier molecular flexibility index (Phi) is 7.67. The predicted molar refractivity (Wildman–Crippen MR) is 120 cm³/mol. The van der Waals surface area contributed by atoms with Crippen molar-refractivity contribution >= 4 is 58.9 Å². The number of carbonyl (C=O) groups is 1. The standard InChI is InChI=1S/C20H18N6O.2ClH/c21-16(10-14-12-24-17-4-2-1-3-15(14)17)20(27)26-25-11-13-5-6-18-19(9-13)23-8-7-22-18;;/h1-9,11-12,16,24H,10,21H2,(H,26,27);2*1H/t16-;;/m1../s1. The van der Waals surface area contributed by atoms with Crippen LogP contribution in [-0.4, -0.2) is 33.1 Å². The number of rotatable bonds is 5. The van der Waals surface area contributed by atoms with E-state index in [2.05, 4.69) is 25.5 Å². The number of nitrogens with zero attached hydrogens (tertiary/aromatic N) is 3. The number of nitrogens with one attached hydrogen (secondary N) is 2. The van der Waals surface area contributed by atoms with Crippen LogP contribution in [0.4, 0.5) is 0 Å². The van der Waals surface area contributed by atoms with Crippen LogP contribution in [-0.2, 0) is 11.2 Å². The van der Waals surface area contributed by atoms with E-state index in [1.165, 1.54) is 0 Å². The summed E-state index contributed by atoms with van der Waals surface area (Å²) in [7, 11) is 0. The van der Waals surface area contributed by atoms with Crippen molar-refractivity contribution in [2.24, 2.45) is 10.8 Å². The number of hydrogen-bond acceptors (Lipinski definition) is 5. The fourth-order valence-electron chi connectivity index (χ4n) is 2.94. The molecule has 150 valence electrons. The fraction of sp³-hybridized carbons (Fsp3) is 0.100. The van der Waals surface area contributed by atoms with Crippen molar-refractivity contribution in [3.05, 3.63) is 72.2 Å². The van der Waals surface area contributed by atoms with E-state index in [1.807, 2.05) is 48.7 Å². The largest absolute Gasteiger partial charge is 0.361 e. The SMILES string of the molecule is Cl.Cl.N[C@H](Cc1c[nH]c2ccccc12)C(=O)NN=Cc1ccc2nccnc2c1. The number of amides is 1. The summed E-state index contributed by atoms with van der Waals surface area (Å²) in [4.78, 5) is 23.9. The molecule has 29 heavy (non-hydrogen) atoms. The van der Waals surface area contributed by atoms with Crippen LogP contribution in [0.3, 0.4) is 0 Å². The molecule has 4 N–H and O–H groups in total. The maximum atomic E-state index is 12.2. The van der Waals surface area contributed by atoms with E-state index in [9.17, 15) is 4.79 Å². The van der Waals surface area contributed by atoms with Crippen LogP contribution in [0.5, 0.6) is 0 Å². The summed E-state index contributed by atoms with van der Waals surface area (Å²) in [6, 6.07) is 12.8. The molecular formula is C20H20Cl2N6O. The highest BCUT2D eigenvalue weighted by Gasteiger charge is 2.15. The second kappa shape index (κ2) is 9.97. The number of hydrogen-bond donors (Lipinski definition) is 3. The van der Waals surface area contributed by atoms with Gasteiger partial charge in [-0.3, -0.25) is 14.8 Å². The van der Waals surface area contributed by atoms with Crippen LogP contribution in [0.25, 0.3) is 21.9 Å². The molecule has 0 aliphatic carbocycles. The Hall–Kier alpha value is -3.00. The summed E-state index contributed by atoms with van der Waals surface area (Å²) in [5.74, 6) is -0.336. The minimum absolute atomic E-state index is 0. The number of halogens is 2. The Morgan fingerprint density at radius 3 is 2.72 bits per heavy atom. The summed E-state index contributed by atoms with van der Waals surface area (Å²) in [5.41, 5.74) is 13.0. The molecule has 2 heterocycles. The van der Waals surface area contributed by atoms with Gasteiger partial charge in [-0.1, -0.05) is 24.3 Å². The zero-order valence-electron chi connectivity index (χ0n) is 15.3. The van der Waals surface area contributed by atoms with Gasteiger partial charge in [0, 0.05) is 29.5 Å². The van der Waals surface area contributed by atoms with Gasteiger partial charge in [-0.05, 0) is 35.7 Å². The first-order valence-corrected chi connectivity index (χ1v) is 8.55. The highest BCUT2D eigenvalue weighted by Crippen LogP contribution is 2.18. The molecule has 0 spiro atoms. The van der Waals surface area contributed by atoms with E-state index in [4.69, 9.17) is 5.73 Å². The van der Waals surface area contributed by atoms with E-state index in [0.717, 1.165) is 33.1 Å². The Morgan fingerprint density at radius 2 is 1.90 bits per heavy atom. The molecule has 4 aromatic rings. The maximum Gasteiger partial charge on any atom is 0.257 e. The van der Waals surface area contributed by atoms with E-state index >= 15 is 0 Å². The molecule has 0 radical (unpaired) electrons. The third-order valence-corrected chi connectivity index (χ3v) is 4.33. The van der Waals surface area contributed by atoms with Crippen molar-refractivity contribution in [3.63, 3.8) is 0 Å². The van der Waals surface area contributed by atoms with Gasteiger partial charge in [-0.15, -0.1) is 24.8 Å². The summed E-state index contributed by atoms with van der Waals surface area (Å²) in [5, 5.41) is 5.07. The molecule has 0 saturated carbocycles. The molecular weight excluding hydrogens is 411 g/mol. The Bertz CT molecular complexity index is 1140. The van der Waals surface area contributed by atoms with Crippen LogP contribution in [0.15, 0.2) is 66.2 Å². The summed E-state index contributed by atoms with van der Waals surface area (Å²) >= 11 is 0. The topological polar surface area (TPSA) is 109 Å². The normalized spacial score (nSPS) is 11.8. The second-order valence-corrected chi connectivity index (χ2v) is 6.21. The number of fused-ring (bicyclic) bond motifs is 2. The number of para-hydroxylation sites is 1. The van der Waals surface area contributed by atoms with E-state index in [-0.39, 0.29) is 30.7 Å². The van der Waals surface area contributed by atoms with Gasteiger partial charge in [-0.2, -0.15) is 5.10 Å². The number of aromatic amines is 1. The minimum Gasteiger partial charge on any atom is -0.361 e. The predicted octanol–water partition coefficient (Wildman–Crippen LogP) is 2.97. The van der Waals surface area contributed by atoms with Crippen molar-refractivity contribution in [1.29, 1.82) is 0 Å². The molecule has 9 heteroatoms. The second-order valence-electron chi connectivity index (χ2n) is 6.21. The first-order valence-electron chi connectivity index (χ1n) is 8.55. The maximum absolute atomic E-state index is 12.2. The number of benzene rings is 2. The average molecular weight is 431 g/mol. The smallest absolute Gasteiger partial charge is 0.257 e. The zero-order valence-corrected chi connectivity index (χ0v) is 16.9. The van der Waals surface area contributed by atoms with Gasteiger partial charge < -0.3 is 10.7 Å². The first kappa shape index (κ1) is 22.3. The van der Waals surface area contributed by atoms with Crippen LogP contribution in [0.1, 0.15) is 11.1 Å². The molecule has 1 amide bonds. The molecule has 0 unspecified atom stereocenters. The van der Waals surface area contributed by atoms with Gasteiger partial charge in [0.1, 0.15) is 0 Å². The number of nitrogens with two attached hydrogens (primary N) is 1. The third kappa shape index (κ3) is 5.08. The lowest BCUT2D eigenvalue weighted by Crippen LogP contribution is -2.39. The molecule has 7 nitrogen and oxygen atoms in total. The Labute approximate surface area is 179 Å². The van der Waals surface area contributed by atoms with Crippen LogP contribution < -0.4 is 11.2 Å². The van der Waals surface area contributed by atoms with Crippen molar-refractivity contribution < 1.29 is 4.79 Å². The van der Waals surface area contributed by atoms with Crippen molar-refractivity contribution in [2.45, 2.75) is 12.5 Å². The fourth-order valence-corrected chi connectivity index (χ4v) is 2.94. The van der Waals surface area contributed by atoms with E-state index < -0.39 is 6.04 Å². The van der Waals surface area contributed by atoms with Crippen molar-refractivity contribution in [3.8, 4) is 0 Å². The van der Waals surface area contributed by atoms with Gasteiger partial charge in [0.2, 0.25) is 0 Å². The number of carbonyl (C=O) groups excluding carboxylic acids is 1. The molecule has 2 aromatic heterocycles. The van der Waals surface area contributed by atoms with Crippen LogP contribution in [0, 0.1) is 0 Å². The highest BCUT2D eigenvalue weighted by atomic mass is 35.5. The molecule has 0 bridgehead atoms. The zero-order chi connectivity index (χ0) is 18.6. The summed E-state index contributed by atoms with van der Waals surface area (Å²) in [6.07, 6.45) is 7.15. The lowest BCUT2D eigenvalue weighted by molar-refractivity contribution is -0.122.